The van der Waals surface area contributed by atoms with Crippen molar-refractivity contribution in [2.45, 2.75) is 6.42 Å². The molecule has 0 aliphatic heterocycles. The van der Waals surface area contributed by atoms with Crippen molar-refractivity contribution in [1.29, 1.82) is 0 Å². The minimum atomic E-state index is 0.735. The molecule has 4 heteroatoms. The first-order valence-corrected chi connectivity index (χ1v) is 6.37. The van der Waals surface area contributed by atoms with Crippen molar-refractivity contribution in [2.75, 3.05) is 5.73 Å². The molecule has 0 atom stereocenters. The largest absolute Gasteiger partial charge is 0.397 e. The van der Waals surface area contributed by atoms with E-state index in [1.54, 1.807) is 12.4 Å². The maximum atomic E-state index is 5.84. The molecule has 1 heterocycles. The van der Waals surface area contributed by atoms with E-state index in [2.05, 4.69) is 36.8 Å². The number of halogens is 2. The maximum Gasteiger partial charge on any atom is 0.0603 e. The van der Waals surface area contributed by atoms with E-state index in [4.69, 9.17) is 5.73 Å². The van der Waals surface area contributed by atoms with E-state index in [1.165, 1.54) is 11.1 Å². The Kier molecular flexibility index (Phi) is 3.61. The van der Waals surface area contributed by atoms with Crippen LogP contribution in [-0.2, 0) is 6.42 Å². The molecule has 2 aromatic rings. The van der Waals surface area contributed by atoms with Gasteiger partial charge in [-0.2, -0.15) is 0 Å². The van der Waals surface area contributed by atoms with Gasteiger partial charge in [-0.25, -0.2) is 0 Å². The van der Waals surface area contributed by atoms with Crippen LogP contribution in [0.4, 0.5) is 5.69 Å². The first-order chi connectivity index (χ1) is 7.66. The monoisotopic (exact) mass is 340 g/mol. The van der Waals surface area contributed by atoms with E-state index in [0.29, 0.717) is 0 Å². The summed E-state index contributed by atoms with van der Waals surface area (Å²) in [5.74, 6) is 0. The Bertz CT molecular complexity index is 475. The number of nitrogen functional groups attached to an aromatic ring is 1. The minimum Gasteiger partial charge on any atom is -0.397 e. The quantitative estimate of drug-likeness (QED) is 0.844. The molecule has 1 aromatic carbocycles. The number of pyridine rings is 1. The first kappa shape index (κ1) is 11.6. The zero-order valence-electron chi connectivity index (χ0n) is 8.45. The van der Waals surface area contributed by atoms with Crippen molar-refractivity contribution in [3.05, 3.63) is 56.7 Å². The lowest BCUT2D eigenvalue weighted by molar-refractivity contribution is 1.16. The smallest absolute Gasteiger partial charge is 0.0603 e. The number of benzene rings is 1. The molecule has 0 fully saturated rings. The summed E-state index contributed by atoms with van der Waals surface area (Å²) in [5.41, 5.74) is 9.02. The van der Waals surface area contributed by atoms with Gasteiger partial charge in [-0.15, -0.1) is 0 Å². The summed E-state index contributed by atoms with van der Waals surface area (Å²) < 4.78 is 1.84. The molecule has 2 nitrogen and oxygen atoms in total. The predicted octanol–water partition coefficient (Wildman–Crippen LogP) is 3.78. The zero-order chi connectivity index (χ0) is 11.5. The average Bonchev–Trinajstić information content (AvgIpc) is 2.27. The number of nitrogens with two attached hydrogens (primary N) is 1. The van der Waals surface area contributed by atoms with Crippen molar-refractivity contribution in [3.8, 4) is 0 Å². The van der Waals surface area contributed by atoms with Crippen molar-refractivity contribution >= 4 is 37.5 Å². The maximum absolute atomic E-state index is 5.84. The van der Waals surface area contributed by atoms with Gasteiger partial charge in [-0.05, 0) is 73.7 Å². The van der Waals surface area contributed by atoms with Crippen LogP contribution < -0.4 is 5.73 Å². The molecule has 0 spiro atoms. The fourth-order valence-electron chi connectivity index (χ4n) is 1.48. The number of hydrogen-bond donors (Lipinski definition) is 1. The van der Waals surface area contributed by atoms with Crippen molar-refractivity contribution in [3.63, 3.8) is 0 Å². The Morgan fingerprint density at radius 2 is 1.56 bits per heavy atom. The topological polar surface area (TPSA) is 38.9 Å². The van der Waals surface area contributed by atoms with Crippen molar-refractivity contribution in [1.82, 2.24) is 4.98 Å². The molecule has 0 radical (unpaired) electrons. The number of nitrogens with zero attached hydrogens (tertiary/aromatic N) is 1. The molecule has 82 valence electrons. The Morgan fingerprint density at radius 3 is 2.12 bits per heavy atom. The predicted molar refractivity (Wildman–Crippen MR) is 73.3 cm³/mol. The molecule has 0 amide bonds. The summed E-state index contributed by atoms with van der Waals surface area (Å²) in [5, 5.41) is 0. The lowest BCUT2D eigenvalue weighted by Gasteiger charge is -2.06. The summed E-state index contributed by atoms with van der Waals surface area (Å²) in [7, 11) is 0. The number of anilines is 1. The first-order valence-electron chi connectivity index (χ1n) is 4.79. The Hall–Kier alpha value is -0.870. The highest BCUT2D eigenvalue weighted by Gasteiger charge is 2.04. The number of rotatable bonds is 2. The number of aromatic nitrogens is 1. The molecule has 0 aliphatic rings. The Balaban J connectivity index is 2.29. The van der Waals surface area contributed by atoms with Crippen LogP contribution in [-0.4, -0.2) is 4.98 Å². The normalized spacial score (nSPS) is 10.4. The molecule has 1 aromatic heterocycles. The highest BCUT2D eigenvalue weighted by molar-refractivity contribution is 9.11. The van der Waals surface area contributed by atoms with Gasteiger partial charge in [0.2, 0.25) is 0 Å². The van der Waals surface area contributed by atoms with E-state index < -0.39 is 0 Å². The van der Waals surface area contributed by atoms with Gasteiger partial charge in [0.1, 0.15) is 0 Å². The van der Waals surface area contributed by atoms with Crippen LogP contribution in [0.1, 0.15) is 11.1 Å². The third kappa shape index (κ3) is 2.62. The van der Waals surface area contributed by atoms with Gasteiger partial charge in [0.15, 0.2) is 0 Å². The highest BCUT2D eigenvalue weighted by atomic mass is 79.9. The molecular formula is C12H10Br2N2. The lowest BCUT2D eigenvalue weighted by Crippen LogP contribution is -1.93. The Morgan fingerprint density at radius 1 is 1.00 bits per heavy atom. The summed E-state index contributed by atoms with van der Waals surface area (Å²) >= 11 is 6.89. The van der Waals surface area contributed by atoms with Gasteiger partial charge in [0.25, 0.3) is 0 Å². The average molecular weight is 342 g/mol. The molecule has 0 bridgehead atoms. The van der Waals surface area contributed by atoms with Gasteiger partial charge in [-0.3, -0.25) is 4.98 Å². The van der Waals surface area contributed by atoms with Crippen LogP contribution in [0, 0.1) is 0 Å². The summed E-state index contributed by atoms with van der Waals surface area (Å²) in [6.07, 6.45) is 4.48. The van der Waals surface area contributed by atoms with E-state index in [-0.39, 0.29) is 0 Å². The van der Waals surface area contributed by atoms with Gasteiger partial charge in [0.05, 0.1) is 5.69 Å². The summed E-state index contributed by atoms with van der Waals surface area (Å²) in [4.78, 5) is 4.00. The van der Waals surface area contributed by atoms with Gasteiger partial charge < -0.3 is 5.73 Å². The van der Waals surface area contributed by atoms with Gasteiger partial charge >= 0.3 is 0 Å². The molecule has 2 N–H and O–H groups in total. The molecule has 2 rings (SSSR count). The summed E-state index contributed by atoms with van der Waals surface area (Å²) in [6.45, 7) is 0. The zero-order valence-corrected chi connectivity index (χ0v) is 11.6. The van der Waals surface area contributed by atoms with E-state index in [1.807, 2.05) is 24.3 Å². The van der Waals surface area contributed by atoms with Crippen LogP contribution in [0.2, 0.25) is 0 Å². The minimum absolute atomic E-state index is 0.735. The second-order valence-corrected chi connectivity index (χ2v) is 5.21. The molecular weight excluding hydrogens is 332 g/mol. The van der Waals surface area contributed by atoms with E-state index >= 15 is 0 Å². The third-order valence-electron chi connectivity index (χ3n) is 2.30. The SMILES string of the molecule is Nc1c(Br)cc(Cc2ccncc2)cc1Br. The van der Waals surface area contributed by atoms with Crippen molar-refractivity contribution in [2.24, 2.45) is 0 Å². The fourth-order valence-corrected chi connectivity index (χ4v) is 2.76. The van der Waals surface area contributed by atoms with Gasteiger partial charge in [-0.1, -0.05) is 0 Å². The van der Waals surface area contributed by atoms with E-state index in [0.717, 1.165) is 21.1 Å². The molecule has 16 heavy (non-hydrogen) atoms. The second kappa shape index (κ2) is 4.97. The van der Waals surface area contributed by atoms with Gasteiger partial charge in [0, 0.05) is 21.3 Å². The van der Waals surface area contributed by atoms with Crippen molar-refractivity contribution < 1.29 is 0 Å². The highest BCUT2D eigenvalue weighted by Crippen LogP contribution is 2.30. The fraction of sp³-hybridized carbons (Fsp3) is 0.0833. The molecule has 0 saturated carbocycles. The van der Waals surface area contributed by atoms with E-state index in [9.17, 15) is 0 Å². The van der Waals surface area contributed by atoms with Crippen LogP contribution >= 0.6 is 31.9 Å². The molecule has 0 aliphatic carbocycles. The van der Waals surface area contributed by atoms with Crippen LogP contribution in [0.25, 0.3) is 0 Å². The third-order valence-corrected chi connectivity index (χ3v) is 3.61. The lowest BCUT2D eigenvalue weighted by atomic mass is 10.1. The van der Waals surface area contributed by atoms with Crippen LogP contribution in [0.5, 0.6) is 0 Å². The number of hydrogen-bond acceptors (Lipinski definition) is 2. The Labute approximate surface area is 111 Å². The second-order valence-electron chi connectivity index (χ2n) is 3.51. The summed E-state index contributed by atoms with van der Waals surface area (Å²) in [6, 6.07) is 8.11. The van der Waals surface area contributed by atoms with Crippen LogP contribution in [0.3, 0.4) is 0 Å². The molecule has 0 unspecified atom stereocenters. The molecule has 0 saturated heterocycles. The standard InChI is InChI=1S/C12H10Br2N2/c13-10-6-9(7-11(14)12(10)15)5-8-1-3-16-4-2-8/h1-4,6-7H,5,15H2. The van der Waals surface area contributed by atoms with Crippen LogP contribution in [0.15, 0.2) is 45.6 Å².